The molecule has 62 valence electrons. The van der Waals surface area contributed by atoms with E-state index in [-0.39, 0.29) is 0 Å². The molecule has 4 heteroatoms. The third kappa shape index (κ3) is 1.25. The molecule has 2 rings (SSSR count). The van der Waals surface area contributed by atoms with E-state index in [0.29, 0.717) is 0 Å². The second kappa shape index (κ2) is 3.06. The third-order valence-corrected chi connectivity index (χ3v) is 2.18. The molecule has 1 N–H and O–H groups in total. The molecule has 0 aliphatic heterocycles. The zero-order valence-electron chi connectivity index (χ0n) is 6.57. The van der Waals surface area contributed by atoms with Crippen molar-refractivity contribution in [3.05, 3.63) is 24.5 Å². The Labute approximate surface area is 74.2 Å². The highest BCUT2D eigenvalue weighted by Gasteiger charge is 2.03. The fourth-order valence-corrected chi connectivity index (χ4v) is 1.34. The van der Waals surface area contributed by atoms with Gasteiger partial charge in [0.25, 0.3) is 0 Å². The molecule has 0 spiro atoms. The zero-order valence-corrected chi connectivity index (χ0v) is 7.39. The number of hydrogen-bond acceptors (Lipinski definition) is 3. The van der Waals surface area contributed by atoms with E-state index in [4.69, 9.17) is 4.42 Å². The van der Waals surface area contributed by atoms with E-state index in [1.165, 1.54) is 0 Å². The highest BCUT2D eigenvalue weighted by atomic mass is 32.2. The van der Waals surface area contributed by atoms with Crippen LogP contribution < -0.4 is 0 Å². The lowest BCUT2D eigenvalue weighted by Crippen LogP contribution is -1.71. The van der Waals surface area contributed by atoms with Gasteiger partial charge in [-0.25, -0.2) is 0 Å². The van der Waals surface area contributed by atoms with Crippen molar-refractivity contribution >= 4 is 11.8 Å². The Morgan fingerprint density at radius 1 is 1.58 bits per heavy atom. The molecule has 3 nitrogen and oxygen atoms in total. The zero-order chi connectivity index (χ0) is 8.39. The van der Waals surface area contributed by atoms with Crippen molar-refractivity contribution in [2.45, 2.75) is 5.03 Å². The van der Waals surface area contributed by atoms with Crippen LogP contribution in [-0.2, 0) is 0 Å². The van der Waals surface area contributed by atoms with Crippen LogP contribution >= 0.6 is 11.8 Å². The summed E-state index contributed by atoms with van der Waals surface area (Å²) in [5.41, 5.74) is 0.921. The molecule has 0 aliphatic rings. The Morgan fingerprint density at radius 2 is 2.50 bits per heavy atom. The molecule has 2 aromatic rings. The lowest BCUT2D eigenvalue weighted by atomic mass is 10.3. The molecular formula is C8H8N2OS. The third-order valence-electron chi connectivity index (χ3n) is 1.55. The highest BCUT2D eigenvalue weighted by Crippen LogP contribution is 2.21. The highest BCUT2D eigenvalue weighted by molar-refractivity contribution is 7.98. The molecule has 0 unspecified atom stereocenters. The summed E-state index contributed by atoms with van der Waals surface area (Å²) in [5.74, 6) is 0.822. The minimum Gasteiger partial charge on any atom is -0.463 e. The van der Waals surface area contributed by atoms with Crippen molar-refractivity contribution in [2.75, 3.05) is 6.26 Å². The fraction of sp³-hybridized carbons (Fsp3) is 0.125. The Bertz CT molecular complexity index is 353. The average molecular weight is 180 g/mol. The summed E-state index contributed by atoms with van der Waals surface area (Å²) in [5, 5.41) is 7.94. The maximum atomic E-state index is 5.20. The van der Waals surface area contributed by atoms with E-state index in [9.17, 15) is 0 Å². The predicted molar refractivity (Wildman–Crippen MR) is 48.1 cm³/mol. The van der Waals surface area contributed by atoms with Gasteiger partial charge in [0.2, 0.25) is 0 Å². The van der Waals surface area contributed by atoms with E-state index >= 15 is 0 Å². The van der Waals surface area contributed by atoms with Crippen LogP contribution in [0.5, 0.6) is 0 Å². The minimum absolute atomic E-state index is 0.822. The number of furan rings is 1. The van der Waals surface area contributed by atoms with Crippen LogP contribution in [-0.4, -0.2) is 16.5 Å². The maximum absolute atomic E-state index is 5.20. The Balaban J connectivity index is 2.35. The molecule has 0 aliphatic carbocycles. The first-order chi connectivity index (χ1) is 5.90. The normalized spacial score (nSPS) is 10.4. The van der Waals surface area contributed by atoms with Crippen LogP contribution in [0, 0.1) is 0 Å². The molecule has 12 heavy (non-hydrogen) atoms. The van der Waals surface area contributed by atoms with Crippen LogP contribution in [0.2, 0.25) is 0 Å². The quantitative estimate of drug-likeness (QED) is 0.721. The summed E-state index contributed by atoms with van der Waals surface area (Å²) in [7, 11) is 0. The molecule has 2 aromatic heterocycles. The average Bonchev–Trinajstić information content (AvgIpc) is 2.75. The second-order valence-corrected chi connectivity index (χ2v) is 3.13. The molecule has 0 amide bonds. The number of aromatic amines is 1. The number of nitrogens with one attached hydrogen (secondary N) is 1. The Kier molecular flexibility index (Phi) is 1.91. The largest absolute Gasteiger partial charge is 0.463 e. The van der Waals surface area contributed by atoms with E-state index in [0.717, 1.165) is 16.5 Å². The van der Waals surface area contributed by atoms with Crippen molar-refractivity contribution in [2.24, 2.45) is 0 Å². The summed E-state index contributed by atoms with van der Waals surface area (Å²) in [6.45, 7) is 0. The summed E-state index contributed by atoms with van der Waals surface area (Å²) in [4.78, 5) is 0. The summed E-state index contributed by atoms with van der Waals surface area (Å²) >= 11 is 1.60. The molecule has 0 saturated carbocycles. The van der Waals surface area contributed by atoms with Gasteiger partial charge < -0.3 is 4.42 Å². The number of thioether (sulfide) groups is 1. The molecule has 0 bridgehead atoms. The molecule has 2 heterocycles. The summed E-state index contributed by atoms with van der Waals surface area (Å²) in [6, 6.07) is 5.72. The van der Waals surface area contributed by atoms with Crippen LogP contribution in [0.15, 0.2) is 33.9 Å². The van der Waals surface area contributed by atoms with Crippen molar-refractivity contribution in [3.63, 3.8) is 0 Å². The monoisotopic (exact) mass is 180 g/mol. The van der Waals surface area contributed by atoms with Gasteiger partial charge in [0.1, 0.15) is 10.7 Å². The predicted octanol–water partition coefficient (Wildman–Crippen LogP) is 2.39. The molecule has 0 aromatic carbocycles. The van der Waals surface area contributed by atoms with Crippen LogP contribution in [0.3, 0.4) is 0 Å². The molecule has 0 radical (unpaired) electrons. The first-order valence-corrected chi connectivity index (χ1v) is 4.76. The van der Waals surface area contributed by atoms with Gasteiger partial charge in [-0.2, -0.15) is 5.10 Å². The SMILES string of the molecule is CSc1cc(-c2ccco2)[nH]n1. The maximum Gasteiger partial charge on any atom is 0.151 e. The fourth-order valence-electron chi connectivity index (χ4n) is 0.966. The number of H-pyrrole nitrogens is 1. The molecule has 0 fully saturated rings. The number of aromatic nitrogens is 2. The van der Waals surface area contributed by atoms with Gasteiger partial charge in [-0.1, -0.05) is 0 Å². The number of nitrogens with zero attached hydrogens (tertiary/aromatic N) is 1. The summed E-state index contributed by atoms with van der Waals surface area (Å²) < 4.78 is 5.20. The topological polar surface area (TPSA) is 41.8 Å². The van der Waals surface area contributed by atoms with E-state index in [1.54, 1.807) is 18.0 Å². The number of hydrogen-bond donors (Lipinski definition) is 1. The van der Waals surface area contributed by atoms with Gasteiger partial charge in [-0.05, 0) is 18.4 Å². The minimum atomic E-state index is 0.822. The molecule has 0 atom stereocenters. The van der Waals surface area contributed by atoms with Gasteiger partial charge in [-0.3, -0.25) is 5.10 Å². The summed E-state index contributed by atoms with van der Waals surface area (Å²) in [6.07, 6.45) is 3.64. The van der Waals surface area contributed by atoms with Gasteiger partial charge in [-0.15, -0.1) is 11.8 Å². The first kappa shape index (κ1) is 7.49. The van der Waals surface area contributed by atoms with E-state index in [1.807, 2.05) is 24.5 Å². The van der Waals surface area contributed by atoms with Crippen LogP contribution in [0.1, 0.15) is 0 Å². The van der Waals surface area contributed by atoms with E-state index < -0.39 is 0 Å². The van der Waals surface area contributed by atoms with E-state index in [2.05, 4.69) is 10.2 Å². The van der Waals surface area contributed by atoms with Gasteiger partial charge in [0.15, 0.2) is 5.76 Å². The lowest BCUT2D eigenvalue weighted by Gasteiger charge is -1.85. The standard InChI is InChI=1S/C8H8N2OS/c1-12-8-5-6(9-10-8)7-3-2-4-11-7/h2-5H,1H3,(H,9,10). The molecular weight excluding hydrogens is 172 g/mol. The van der Waals surface area contributed by atoms with Gasteiger partial charge in [0, 0.05) is 6.07 Å². The number of rotatable bonds is 2. The van der Waals surface area contributed by atoms with Gasteiger partial charge in [0.05, 0.1) is 6.26 Å². The first-order valence-electron chi connectivity index (χ1n) is 3.53. The van der Waals surface area contributed by atoms with Crippen molar-refractivity contribution in [1.29, 1.82) is 0 Å². The Morgan fingerprint density at radius 3 is 3.08 bits per heavy atom. The lowest BCUT2D eigenvalue weighted by molar-refractivity contribution is 0.580. The van der Waals surface area contributed by atoms with Crippen molar-refractivity contribution in [1.82, 2.24) is 10.2 Å². The molecule has 0 saturated heterocycles. The van der Waals surface area contributed by atoms with Crippen LogP contribution in [0.25, 0.3) is 11.5 Å². The van der Waals surface area contributed by atoms with Crippen molar-refractivity contribution in [3.8, 4) is 11.5 Å². The van der Waals surface area contributed by atoms with Crippen molar-refractivity contribution < 1.29 is 4.42 Å². The smallest absolute Gasteiger partial charge is 0.151 e. The second-order valence-electron chi connectivity index (χ2n) is 2.30. The van der Waals surface area contributed by atoms with Crippen LogP contribution in [0.4, 0.5) is 0 Å². The van der Waals surface area contributed by atoms with Gasteiger partial charge >= 0.3 is 0 Å². The Hall–Kier alpha value is -1.16.